The third kappa shape index (κ3) is 4.10. The molecule has 0 fully saturated rings. The Morgan fingerprint density at radius 3 is 2.25 bits per heavy atom. The summed E-state index contributed by atoms with van der Waals surface area (Å²) in [4.78, 5) is 23.8. The summed E-state index contributed by atoms with van der Waals surface area (Å²) in [6.07, 6.45) is 6.14. The standard InChI is InChI=1S/C13H13NO5S/c1-3-8-14(9-12(15)16)13(17)10-4-6-11(7-5-10)20(2,18)19/h1,4-7H,8-9H2,2H3,(H,15,16). The second-order valence-electron chi connectivity index (χ2n) is 4.06. The maximum absolute atomic E-state index is 12.0. The molecule has 0 saturated heterocycles. The SMILES string of the molecule is C#CCN(CC(=O)O)C(=O)c1ccc(S(C)(=O)=O)cc1. The molecular weight excluding hydrogens is 282 g/mol. The monoisotopic (exact) mass is 295 g/mol. The molecule has 0 radical (unpaired) electrons. The highest BCUT2D eigenvalue weighted by Gasteiger charge is 2.18. The fourth-order valence-corrected chi connectivity index (χ4v) is 2.13. The van der Waals surface area contributed by atoms with Crippen molar-refractivity contribution in [3.63, 3.8) is 0 Å². The van der Waals surface area contributed by atoms with Crippen LogP contribution in [0.15, 0.2) is 29.2 Å². The van der Waals surface area contributed by atoms with Crippen molar-refractivity contribution in [2.45, 2.75) is 4.90 Å². The number of carbonyl (C=O) groups is 2. The largest absolute Gasteiger partial charge is 0.480 e. The van der Waals surface area contributed by atoms with Gasteiger partial charge in [-0.15, -0.1) is 6.42 Å². The number of sulfone groups is 1. The molecule has 0 aliphatic carbocycles. The summed E-state index contributed by atoms with van der Waals surface area (Å²) >= 11 is 0. The van der Waals surface area contributed by atoms with Gasteiger partial charge in [-0.05, 0) is 24.3 Å². The van der Waals surface area contributed by atoms with Crippen LogP contribution in [0.2, 0.25) is 0 Å². The zero-order valence-electron chi connectivity index (χ0n) is 10.7. The van der Waals surface area contributed by atoms with Gasteiger partial charge < -0.3 is 10.0 Å². The van der Waals surface area contributed by atoms with Crippen molar-refractivity contribution in [2.75, 3.05) is 19.3 Å². The second-order valence-corrected chi connectivity index (χ2v) is 6.07. The highest BCUT2D eigenvalue weighted by Crippen LogP contribution is 2.12. The molecule has 0 aliphatic heterocycles. The summed E-state index contributed by atoms with van der Waals surface area (Å²) in [5.74, 6) is 0.462. The maximum atomic E-state index is 12.0. The van der Waals surface area contributed by atoms with E-state index < -0.39 is 28.3 Å². The summed E-state index contributed by atoms with van der Waals surface area (Å²) in [5.41, 5.74) is 0.175. The molecular formula is C13H13NO5S. The predicted molar refractivity (Wildman–Crippen MR) is 71.9 cm³/mol. The lowest BCUT2D eigenvalue weighted by molar-refractivity contribution is -0.137. The molecule has 0 bridgehead atoms. The van der Waals surface area contributed by atoms with Gasteiger partial charge in [0.25, 0.3) is 5.91 Å². The number of aliphatic carboxylic acids is 1. The number of amides is 1. The third-order valence-electron chi connectivity index (χ3n) is 2.42. The first-order valence-electron chi connectivity index (χ1n) is 5.50. The van der Waals surface area contributed by atoms with Gasteiger partial charge in [0, 0.05) is 11.8 Å². The highest BCUT2D eigenvalue weighted by atomic mass is 32.2. The number of hydrogen-bond donors (Lipinski definition) is 1. The van der Waals surface area contributed by atoms with Crippen LogP contribution < -0.4 is 0 Å². The first-order chi connectivity index (χ1) is 9.25. The van der Waals surface area contributed by atoms with E-state index in [2.05, 4.69) is 5.92 Å². The van der Waals surface area contributed by atoms with E-state index >= 15 is 0 Å². The van der Waals surface area contributed by atoms with E-state index in [0.717, 1.165) is 11.2 Å². The average Bonchev–Trinajstić information content (AvgIpc) is 2.36. The van der Waals surface area contributed by atoms with Crippen LogP contribution in [0.25, 0.3) is 0 Å². The first-order valence-corrected chi connectivity index (χ1v) is 7.39. The van der Waals surface area contributed by atoms with Crippen molar-refractivity contribution >= 4 is 21.7 Å². The number of carboxylic acid groups (broad SMARTS) is 1. The number of carboxylic acids is 1. The summed E-state index contributed by atoms with van der Waals surface area (Å²) in [6.45, 7) is -0.657. The molecule has 1 rings (SSSR count). The number of benzene rings is 1. The Morgan fingerprint density at radius 2 is 1.85 bits per heavy atom. The lowest BCUT2D eigenvalue weighted by Gasteiger charge is -2.17. The van der Waals surface area contributed by atoms with Crippen molar-refractivity contribution in [3.8, 4) is 12.3 Å². The summed E-state index contributed by atoms with van der Waals surface area (Å²) in [6, 6.07) is 5.23. The van der Waals surface area contributed by atoms with Crippen molar-refractivity contribution in [3.05, 3.63) is 29.8 Å². The normalized spacial score (nSPS) is 10.6. The molecule has 106 valence electrons. The minimum Gasteiger partial charge on any atom is -0.480 e. The van der Waals surface area contributed by atoms with Crippen LogP contribution in [-0.4, -0.2) is 49.6 Å². The smallest absolute Gasteiger partial charge is 0.323 e. The quantitative estimate of drug-likeness (QED) is 0.786. The maximum Gasteiger partial charge on any atom is 0.323 e. The number of carbonyl (C=O) groups excluding carboxylic acids is 1. The zero-order valence-corrected chi connectivity index (χ0v) is 11.6. The number of nitrogens with zero attached hydrogens (tertiary/aromatic N) is 1. The molecule has 0 heterocycles. The molecule has 0 saturated carbocycles. The van der Waals surface area contributed by atoms with E-state index in [1.807, 2.05) is 0 Å². The minimum atomic E-state index is -3.35. The van der Waals surface area contributed by atoms with Crippen molar-refractivity contribution in [1.82, 2.24) is 4.90 Å². The molecule has 7 heteroatoms. The topological polar surface area (TPSA) is 91.8 Å². The number of hydrogen-bond acceptors (Lipinski definition) is 4. The zero-order chi connectivity index (χ0) is 15.3. The first kappa shape index (κ1) is 15.7. The Kier molecular flexibility index (Phi) is 4.88. The molecule has 1 aromatic rings. The van der Waals surface area contributed by atoms with E-state index in [1.165, 1.54) is 24.3 Å². The Balaban J connectivity index is 3.01. The van der Waals surface area contributed by atoms with Gasteiger partial charge in [0.05, 0.1) is 11.4 Å². The molecule has 0 spiro atoms. The molecule has 0 aromatic heterocycles. The number of terminal acetylenes is 1. The highest BCUT2D eigenvalue weighted by molar-refractivity contribution is 7.90. The van der Waals surface area contributed by atoms with Crippen LogP contribution in [-0.2, 0) is 14.6 Å². The van der Waals surface area contributed by atoms with Crippen molar-refractivity contribution in [2.24, 2.45) is 0 Å². The van der Waals surface area contributed by atoms with E-state index in [4.69, 9.17) is 11.5 Å². The summed E-state index contributed by atoms with van der Waals surface area (Å²) in [7, 11) is -3.35. The lowest BCUT2D eigenvalue weighted by Crippen LogP contribution is -2.35. The van der Waals surface area contributed by atoms with E-state index in [-0.39, 0.29) is 17.0 Å². The molecule has 0 unspecified atom stereocenters. The molecule has 6 nitrogen and oxygen atoms in total. The molecule has 1 aromatic carbocycles. The number of rotatable bonds is 5. The van der Waals surface area contributed by atoms with Crippen molar-refractivity contribution in [1.29, 1.82) is 0 Å². The van der Waals surface area contributed by atoms with Crippen LogP contribution in [0, 0.1) is 12.3 Å². The van der Waals surface area contributed by atoms with Gasteiger partial charge in [0.2, 0.25) is 0 Å². The second kappa shape index (κ2) is 6.21. The predicted octanol–water partition coefficient (Wildman–Crippen LogP) is 0.250. The van der Waals surface area contributed by atoms with Crippen LogP contribution in [0.4, 0.5) is 0 Å². The fourth-order valence-electron chi connectivity index (χ4n) is 1.50. The average molecular weight is 295 g/mol. The summed E-state index contributed by atoms with van der Waals surface area (Å²) in [5, 5.41) is 8.72. The molecule has 1 N–H and O–H groups in total. The van der Waals surface area contributed by atoms with Gasteiger partial charge in [0.1, 0.15) is 6.54 Å². The third-order valence-corrected chi connectivity index (χ3v) is 3.55. The van der Waals surface area contributed by atoms with Gasteiger partial charge in [0.15, 0.2) is 9.84 Å². The van der Waals surface area contributed by atoms with Gasteiger partial charge in [-0.1, -0.05) is 5.92 Å². The Labute approximate surface area is 116 Å². The van der Waals surface area contributed by atoms with Gasteiger partial charge >= 0.3 is 5.97 Å². The minimum absolute atomic E-state index is 0.0794. The fraction of sp³-hybridized carbons (Fsp3) is 0.231. The van der Waals surface area contributed by atoms with E-state index in [1.54, 1.807) is 0 Å². The molecule has 0 aliphatic rings. The van der Waals surface area contributed by atoms with E-state index in [0.29, 0.717) is 0 Å². The Bertz CT molecular complexity index is 655. The summed E-state index contributed by atoms with van der Waals surface area (Å²) < 4.78 is 22.6. The lowest BCUT2D eigenvalue weighted by atomic mass is 10.2. The van der Waals surface area contributed by atoms with Crippen molar-refractivity contribution < 1.29 is 23.1 Å². The van der Waals surface area contributed by atoms with Crippen LogP contribution >= 0.6 is 0 Å². The Hall–Kier alpha value is -2.33. The molecule has 20 heavy (non-hydrogen) atoms. The van der Waals surface area contributed by atoms with Gasteiger partial charge in [-0.3, -0.25) is 9.59 Å². The van der Waals surface area contributed by atoms with Crippen LogP contribution in [0.1, 0.15) is 10.4 Å². The Morgan fingerprint density at radius 1 is 1.30 bits per heavy atom. The van der Waals surface area contributed by atoms with Gasteiger partial charge in [-0.25, -0.2) is 8.42 Å². The van der Waals surface area contributed by atoms with Crippen LogP contribution in [0.5, 0.6) is 0 Å². The molecule has 1 amide bonds. The molecule has 0 atom stereocenters. The van der Waals surface area contributed by atoms with E-state index in [9.17, 15) is 18.0 Å². The van der Waals surface area contributed by atoms with Gasteiger partial charge in [-0.2, -0.15) is 0 Å². The van der Waals surface area contributed by atoms with Crippen LogP contribution in [0.3, 0.4) is 0 Å².